The zero-order valence-corrected chi connectivity index (χ0v) is 31.6. The lowest BCUT2D eigenvalue weighted by Crippen LogP contribution is -2.68. The van der Waals surface area contributed by atoms with E-state index in [-0.39, 0.29) is 45.7 Å². The van der Waals surface area contributed by atoms with Crippen LogP contribution in [0.3, 0.4) is 0 Å². The van der Waals surface area contributed by atoms with Crippen molar-refractivity contribution >= 4 is 17.9 Å². The van der Waals surface area contributed by atoms with Gasteiger partial charge in [-0.1, -0.05) is 67.0 Å². The third kappa shape index (κ3) is 5.44. The highest BCUT2D eigenvalue weighted by molar-refractivity contribution is 5.80. The summed E-state index contributed by atoms with van der Waals surface area (Å²) in [7, 11) is 0. The maximum Gasteiger partial charge on any atom is 0.317 e. The van der Waals surface area contributed by atoms with E-state index in [1.807, 2.05) is 0 Å². The Hall–Kier alpha value is -1.97. The molecule has 1 aliphatic heterocycles. The van der Waals surface area contributed by atoms with Gasteiger partial charge in [-0.2, -0.15) is 0 Å². The summed E-state index contributed by atoms with van der Waals surface area (Å²) in [6.45, 7) is 20.6. The smallest absolute Gasteiger partial charge is 0.317 e. The Morgan fingerprint density at radius 1 is 0.816 bits per heavy atom. The minimum Gasteiger partial charge on any atom is -0.458 e. The number of esters is 3. The molecule has 0 bridgehead atoms. The second-order valence-electron chi connectivity index (χ2n) is 19.0. The number of carbonyl (C=O) groups is 3. The molecule has 1 saturated heterocycles. The van der Waals surface area contributed by atoms with Gasteiger partial charge in [0.15, 0.2) is 6.10 Å². The summed E-state index contributed by atoms with van der Waals surface area (Å²) in [5.41, 5.74) is -0.311. The third-order valence-corrected chi connectivity index (χ3v) is 15.6. The Bertz CT molecular complexity index is 1390. The van der Waals surface area contributed by atoms with Crippen molar-refractivity contribution in [1.82, 2.24) is 0 Å². The molecule has 5 fully saturated rings. The molecule has 2 unspecified atom stereocenters. The molecule has 276 valence electrons. The summed E-state index contributed by atoms with van der Waals surface area (Å²) in [6.07, 6.45) is 5.93. The van der Waals surface area contributed by atoms with Crippen LogP contribution in [0.4, 0.5) is 0 Å². The summed E-state index contributed by atoms with van der Waals surface area (Å²) in [5, 5.41) is 23.6. The predicted molar refractivity (Wildman–Crippen MR) is 183 cm³/mol. The first-order chi connectivity index (χ1) is 22.6. The average Bonchev–Trinajstić information content (AvgIpc) is 2.98. The van der Waals surface area contributed by atoms with E-state index < -0.39 is 53.8 Å². The van der Waals surface area contributed by atoms with Gasteiger partial charge in [0.05, 0.1) is 24.7 Å². The van der Waals surface area contributed by atoms with E-state index >= 15 is 0 Å². The molecule has 6 rings (SSSR count). The van der Waals surface area contributed by atoms with Crippen LogP contribution < -0.4 is 0 Å². The molecular formula is C40H62O9. The molecule has 0 spiro atoms. The quantitative estimate of drug-likeness (QED) is 0.193. The van der Waals surface area contributed by atoms with E-state index in [2.05, 4.69) is 54.5 Å². The number of hydrogen-bond donors (Lipinski definition) is 2. The lowest BCUT2D eigenvalue weighted by Gasteiger charge is -2.71. The maximum absolute atomic E-state index is 14.8. The minimum absolute atomic E-state index is 0.0233. The maximum atomic E-state index is 14.8. The van der Waals surface area contributed by atoms with E-state index in [1.54, 1.807) is 6.92 Å². The lowest BCUT2D eigenvalue weighted by atomic mass is 9.33. The molecule has 4 saturated carbocycles. The van der Waals surface area contributed by atoms with Crippen molar-refractivity contribution in [3.05, 3.63) is 11.6 Å². The highest BCUT2D eigenvalue weighted by atomic mass is 16.7. The Morgan fingerprint density at radius 2 is 1.49 bits per heavy atom. The zero-order valence-electron chi connectivity index (χ0n) is 31.6. The normalized spacial score (nSPS) is 48.3. The number of aliphatic hydroxyl groups is 2. The Morgan fingerprint density at radius 3 is 2.14 bits per heavy atom. The molecule has 49 heavy (non-hydrogen) atoms. The number of carbonyl (C=O) groups excluding carboxylic acids is 3. The van der Waals surface area contributed by atoms with Gasteiger partial charge in [-0.15, -0.1) is 0 Å². The van der Waals surface area contributed by atoms with Crippen LogP contribution in [-0.4, -0.2) is 65.4 Å². The molecule has 9 nitrogen and oxygen atoms in total. The van der Waals surface area contributed by atoms with E-state index in [0.717, 1.165) is 44.9 Å². The van der Waals surface area contributed by atoms with Crippen LogP contribution in [0.5, 0.6) is 0 Å². The number of aliphatic hydroxyl groups excluding tert-OH is 2. The largest absolute Gasteiger partial charge is 0.458 e. The van der Waals surface area contributed by atoms with Gasteiger partial charge in [0.25, 0.3) is 0 Å². The molecule has 5 aliphatic carbocycles. The molecule has 1 heterocycles. The van der Waals surface area contributed by atoms with Crippen molar-refractivity contribution in [2.24, 2.45) is 56.2 Å². The number of fused-ring (bicyclic) bond motifs is 7. The van der Waals surface area contributed by atoms with Crippen molar-refractivity contribution in [2.45, 2.75) is 158 Å². The number of ether oxygens (including phenoxy) is 4. The van der Waals surface area contributed by atoms with Crippen molar-refractivity contribution < 1.29 is 43.5 Å². The summed E-state index contributed by atoms with van der Waals surface area (Å²) in [4.78, 5) is 38.6. The Labute approximate surface area is 293 Å². The predicted octanol–water partition coefficient (Wildman–Crippen LogP) is 6.52. The fourth-order valence-electron chi connectivity index (χ4n) is 12.7. The number of allylic oxidation sites excluding steroid dienone is 2. The van der Waals surface area contributed by atoms with Crippen molar-refractivity contribution in [1.29, 1.82) is 0 Å². The van der Waals surface area contributed by atoms with Gasteiger partial charge in [0, 0.05) is 13.8 Å². The molecule has 0 aromatic rings. The summed E-state index contributed by atoms with van der Waals surface area (Å²) >= 11 is 0. The van der Waals surface area contributed by atoms with E-state index in [1.165, 1.54) is 19.4 Å². The minimum atomic E-state index is -1.13. The van der Waals surface area contributed by atoms with E-state index in [9.17, 15) is 24.6 Å². The van der Waals surface area contributed by atoms with E-state index in [0.29, 0.717) is 24.7 Å². The van der Waals surface area contributed by atoms with Crippen LogP contribution in [0, 0.1) is 56.2 Å². The first-order valence-corrected chi connectivity index (χ1v) is 18.9. The standard InChI is InChI=1S/C40H62O9/c1-22-32(48-24(3)42)27(47-23(2)41)21-46-33(22)49-34(45)40-18-17-35(4,5)19-26(40)25-11-12-29-37(8)15-14-30(43)36(6,7)28(37)13-16-38(29,9)39(25,10)20-31(40)44/h11,22,26-33,43-44H,12-21H2,1-10H3/t22-,26+,27-,28+,29-,30+,31?,32?,33-,37+,38-,39-,40-/m1/s1. The van der Waals surface area contributed by atoms with Gasteiger partial charge in [-0.25, -0.2) is 0 Å². The molecule has 6 aliphatic rings. The van der Waals surface area contributed by atoms with Gasteiger partial charge in [-0.3, -0.25) is 14.4 Å². The van der Waals surface area contributed by atoms with Crippen LogP contribution in [0.25, 0.3) is 0 Å². The lowest BCUT2D eigenvalue weighted by molar-refractivity contribution is -0.264. The van der Waals surface area contributed by atoms with Gasteiger partial charge in [-0.05, 0) is 103 Å². The van der Waals surface area contributed by atoms with Crippen molar-refractivity contribution in [3.8, 4) is 0 Å². The third-order valence-electron chi connectivity index (χ3n) is 15.6. The fraction of sp³-hybridized carbons (Fsp3) is 0.875. The van der Waals surface area contributed by atoms with Gasteiger partial charge in [0.2, 0.25) is 6.29 Å². The molecule has 0 radical (unpaired) electrons. The van der Waals surface area contributed by atoms with Gasteiger partial charge in [0.1, 0.15) is 11.5 Å². The summed E-state index contributed by atoms with van der Waals surface area (Å²) in [6, 6.07) is 0. The van der Waals surface area contributed by atoms with Crippen LogP contribution in [0.2, 0.25) is 0 Å². The molecule has 13 atom stereocenters. The first-order valence-electron chi connectivity index (χ1n) is 18.9. The van der Waals surface area contributed by atoms with Crippen LogP contribution in [-0.2, 0) is 33.3 Å². The second-order valence-corrected chi connectivity index (χ2v) is 19.0. The Kier molecular flexibility index (Phi) is 9.05. The summed E-state index contributed by atoms with van der Waals surface area (Å²) in [5.74, 6) is -1.47. The average molecular weight is 687 g/mol. The molecule has 0 aromatic heterocycles. The fourth-order valence-corrected chi connectivity index (χ4v) is 12.7. The van der Waals surface area contributed by atoms with Crippen LogP contribution in [0.1, 0.15) is 127 Å². The van der Waals surface area contributed by atoms with Crippen LogP contribution in [0.15, 0.2) is 11.6 Å². The highest BCUT2D eigenvalue weighted by Gasteiger charge is 2.71. The summed E-state index contributed by atoms with van der Waals surface area (Å²) < 4.78 is 23.3. The first kappa shape index (κ1) is 36.8. The molecular weight excluding hydrogens is 624 g/mol. The van der Waals surface area contributed by atoms with Gasteiger partial charge >= 0.3 is 17.9 Å². The van der Waals surface area contributed by atoms with Crippen LogP contribution >= 0.6 is 0 Å². The Balaban J connectivity index is 1.34. The molecule has 2 N–H and O–H groups in total. The molecule has 0 amide bonds. The number of hydrogen-bond acceptors (Lipinski definition) is 9. The highest BCUT2D eigenvalue weighted by Crippen LogP contribution is 2.75. The molecule has 9 heteroatoms. The monoisotopic (exact) mass is 686 g/mol. The number of rotatable bonds is 4. The topological polar surface area (TPSA) is 129 Å². The van der Waals surface area contributed by atoms with Gasteiger partial charge < -0.3 is 29.2 Å². The zero-order chi connectivity index (χ0) is 36.1. The second kappa shape index (κ2) is 12.0. The van der Waals surface area contributed by atoms with E-state index in [4.69, 9.17) is 18.9 Å². The van der Waals surface area contributed by atoms with Crippen molar-refractivity contribution in [2.75, 3.05) is 6.61 Å². The van der Waals surface area contributed by atoms with Crippen molar-refractivity contribution in [3.63, 3.8) is 0 Å². The molecule has 0 aromatic carbocycles. The SMILES string of the molecule is CC(=O)OC1[C@@H](C)[C@@H](OC(=O)[C@]23CCC(C)(C)C[C@H]2C2=CC[C@@H]4[C@@]5(C)CC[C@H](O)C(C)(C)[C@@H]5CC[C@@]4(C)[C@]2(C)CC3O)OC[C@H]1OC(C)=O.